The van der Waals surface area contributed by atoms with E-state index in [0.717, 1.165) is 0 Å². The zero-order valence-corrected chi connectivity index (χ0v) is 16.3. The number of anilines is 1. The summed E-state index contributed by atoms with van der Waals surface area (Å²) < 4.78 is 5.05. The predicted octanol–water partition coefficient (Wildman–Crippen LogP) is 3.43. The Balaban J connectivity index is 1.62. The molecule has 3 rings (SSSR count). The van der Waals surface area contributed by atoms with Crippen LogP contribution in [-0.4, -0.2) is 60.1 Å². The maximum Gasteiger partial charge on any atom is 0.321 e. The zero-order valence-electron chi connectivity index (χ0n) is 15.5. The third-order valence-corrected chi connectivity index (χ3v) is 4.82. The van der Waals surface area contributed by atoms with Gasteiger partial charge in [-0.2, -0.15) is 0 Å². The number of hydrogen-bond donors (Lipinski definition) is 2. The number of benzene rings is 2. The van der Waals surface area contributed by atoms with Crippen LogP contribution in [-0.2, 0) is 0 Å². The monoisotopic (exact) mass is 403 g/mol. The molecule has 1 heterocycles. The molecule has 148 valence electrons. The van der Waals surface area contributed by atoms with E-state index in [2.05, 4.69) is 5.32 Å². The Kier molecular flexibility index (Phi) is 6.26. The van der Waals surface area contributed by atoms with Crippen molar-refractivity contribution < 1.29 is 19.4 Å². The number of phenolic OH excluding ortho intramolecular Hbond substituents is 1. The molecule has 1 aliphatic heterocycles. The summed E-state index contributed by atoms with van der Waals surface area (Å²) in [6, 6.07) is 11.3. The summed E-state index contributed by atoms with van der Waals surface area (Å²) in [6.07, 6.45) is 0.644. The van der Waals surface area contributed by atoms with Crippen LogP contribution in [0.1, 0.15) is 16.8 Å². The van der Waals surface area contributed by atoms with E-state index in [-0.39, 0.29) is 23.3 Å². The summed E-state index contributed by atoms with van der Waals surface area (Å²) in [6.45, 7) is 1.82. The van der Waals surface area contributed by atoms with Crippen LogP contribution in [0.15, 0.2) is 42.5 Å². The number of rotatable bonds is 3. The van der Waals surface area contributed by atoms with Gasteiger partial charge < -0.3 is 25.0 Å². The van der Waals surface area contributed by atoms with E-state index < -0.39 is 0 Å². The Morgan fingerprint density at radius 3 is 2.54 bits per heavy atom. The standard InChI is InChI=1S/C20H22ClN3O4/c1-28-16-6-7-17(18(25)13-16)19(26)23-8-3-9-24(11-10-23)20(27)22-15-5-2-4-14(21)12-15/h2,4-7,12-13,25H,3,8-11H2,1H3,(H,22,27). The van der Waals surface area contributed by atoms with Crippen molar-refractivity contribution in [3.8, 4) is 11.5 Å². The van der Waals surface area contributed by atoms with Gasteiger partial charge in [-0.1, -0.05) is 17.7 Å². The molecule has 2 aromatic rings. The summed E-state index contributed by atoms with van der Waals surface area (Å²) in [5.41, 5.74) is 0.843. The van der Waals surface area contributed by atoms with Crippen molar-refractivity contribution in [2.75, 3.05) is 38.6 Å². The molecule has 0 bridgehead atoms. The van der Waals surface area contributed by atoms with E-state index in [9.17, 15) is 14.7 Å². The van der Waals surface area contributed by atoms with Gasteiger partial charge in [0.2, 0.25) is 0 Å². The molecule has 0 atom stereocenters. The van der Waals surface area contributed by atoms with Crippen molar-refractivity contribution in [3.63, 3.8) is 0 Å². The number of carbonyl (C=O) groups is 2. The number of urea groups is 1. The number of methoxy groups -OCH3 is 1. The van der Waals surface area contributed by atoms with Gasteiger partial charge >= 0.3 is 6.03 Å². The summed E-state index contributed by atoms with van der Waals surface area (Å²) >= 11 is 5.95. The number of nitrogens with one attached hydrogen (secondary N) is 1. The molecular weight excluding hydrogens is 382 g/mol. The maximum absolute atomic E-state index is 12.8. The van der Waals surface area contributed by atoms with Crippen molar-refractivity contribution in [1.82, 2.24) is 9.80 Å². The fraction of sp³-hybridized carbons (Fsp3) is 0.300. The highest BCUT2D eigenvalue weighted by Gasteiger charge is 2.24. The molecular formula is C20H22ClN3O4. The van der Waals surface area contributed by atoms with Crippen LogP contribution in [0.25, 0.3) is 0 Å². The minimum absolute atomic E-state index is 0.121. The first-order valence-corrected chi connectivity index (χ1v) is 9.33. The Morgan fingerprint density at radius 1 is 1.07 bits per heavy atom. The van der Waals surface area contributed by atoms with Gasteiger partial charge in [-0.15, -0.1) is 0 Å². The van der Waals surface area contributed by atoms with Crippen LogP contribution in [0.3, 0.4) is 0 Å². The first-order valence-electron chi connectivity index (χ1n) is 8.95. The van der Waals surface area contributed by atoms with Gasteiger partial charge in [0.1, 0.15) is 11.5 Å². The van der Waals surface area contributed by atoms with Gasteiger partial charge in [0.05, 0.1) is 12.7 Å². The lowest BCUT2D eigenvalue weighted by Crippen LogP contribution is -2.39. The fourth-order valence-electron chi connectivity index (χ4n) is 3.08. The number of aromatic hydroxyl groups is 1. The molecule has 1 saturated heterocycles. The predicted molar refractivity (Wildman–Crippen MR) is 107 cm³/mol. The zero-order chi connectivity index (χ0) is 20.1. The Bertz CT molecular complexity index is 874. The Morgan fingerprint density at radius 2 is 1.82 bits per heavy atom. The van der Waals surface area contributed by atoms with Crippen LogP contribution in [0.2, 0.25) is 5.02 Å². The van der Waals surface area contributed by atoms with Gasteiger partial charge in [0, 0.05) is 43.0 Å². The second-order valence-electron chi connectivity index (χ2n) is 6.46. The second-order valence-corrected chi connectivity index (χ2v) is 6.89. The van der Waals surface area contributed by atoms with Crippen molar-refractivity contribution in [2.45, 2.75) is 6.42 Å². The average molecular weight is 404 g/mol. The van der Waals surface area contributed by atoms with E-state index in [0.29, 0.717) is 49.1 Å². The van der Waals surface area contributed by atoms with Crippen molar-refractivity contribution in [2.24, 2.45) is 0 Å². The molecule has 2 aromatic carbocycles. The third-order valence-electron chi connectivity index (χ3n) is 4.58. The smallest absolute Gasteiger partial charge is 0.321 e. The van der Waals surface area contributed by atoms with Gasteiger partial charge in [0.15, 0.2) is 0 Å². The molecule has 3 amide bonds. The Labute approximate surface area is 168 Å². The molecule has 1 fully saturated rings. The molecule has 0 unspecified atom stereocenters. The van der Waals surface area contributed by atoms with E-state index in [4.69, 9.17) is 16.3 Å². The number of hydrogen-bond acceptors (Lipinski definition) is 4. The minimum Gasteiger partial charge on any atom is -0.507 e. The Hall–Kier alpha value is -2.93. The molecule has 2 N–H and O–H groups in total. The number of phenols is 1. The third kappa shape index (κ3) is 4.67. The normalized spacial score (nSPS) is 14.4. The molecule has 1 aliphatic rings. The summed E-state index contributed by atoms with van der Waals surface area (Å²) in [5, 5.41) is 13.5. The average Bonchev–Trinajstić information content (AvgIpc) is 2.93. The molecule has 0 saturated carbocycles. The van der Waals surface area contributed by atoms with E-state index >= 15 is 0 Å². The number of amides is 3. The lowest BCUT2D eigenvalue weighted by Gasteiger charge is -2.23. The first kappa shape index (κ1) is 19.8. The SMILES string of the molecule is COc1ccc(C(=O)N2CCCN(C(=O)Nc3cccc(Cl)c3)CC2)c(O)c1. The highest BCUT2D eigenvalue weighted by Crippen LogP contribution is 2.25. The van der Waals surface area contributed by atoms with E-state index in [1.165, 1.54) is 13.2 Å². The van der Waals surface area contributed by atoms with Crippen LogP contribution >= 0.6 is 11.6 Å². The topological polar surface area (TPSA) is 82.1 Å². The lowest BCUT2D eigenvalue weighted by molar-refractivity contribution is 0.0759. The first-order chi connectivity index (χ1) is 13.5. The lowest BCUT2D eigenvalue weighted by atomic mass is 10.1. The highest BCUT2D eigenvalue weighted by molar-refractivity contribution is 6.30. The van der Waals surface area contributed by atoms with Gasteiger partial charge in [-0.25, -0.2) is 4.79 Å². The number of carbonyl (C=O) groups excluding carboxylic acids is 2. The molecule has 28 heavy (non-hydrogen) atoms. The number of halogens is 1. The number of nitrogens with zero attached hydrogens (tertiary/aromatic N) is 2. The number of ether oxygens (including phenoxy) is 1. The highest BCUT2D eigenvalue weighted by atomic mass is 35.5. The maximum atomic E-state index is 12.8. The van der Waals surface area contributed by atoms with Crippen molar-refractivity contribution >= 4 is 29.2 Å². The van der Waals surface area contributed by atoms with Gasteiger partial charge in [-0.05, 0) is 36.8 Å². The van der Waals surface area contributed by atoms with Gasteiger partial charge in [0.25, 0.3) is 5.91 Å². The molecule has 0 spiro atoms. The molecule has 7 nitrogen and oxygen atoms in total. The molecule has 0 radical (unpaired) electrons. The summed E-state index contributed by atoms with van der Waals surface area (Å²) in [5.74, 6) is 0.0928. The van der Waals surface area contributed by atoms with Crippen molar-refractivity contribution in [1.29, 1.82) is 0 Å². The largest absolute Gasteiger partial charge is 0.507 e. The van der Waals surface area contributed by atoms with Crippen molar-refractivity contribution in [3.05, 3.63) is 53.1 Å². The van der Waals surface area contributed by atoms with E-state index in [1.807, 2.05) is 0 Å². The van der Waals surface area contributed by atoms with Gasteiger partial charge in [-0.3, -0.25) is 4.79 Å². The summed E-state index contributed by atoms with van der Waals surface area (Å²) in [7, 11) is 1.49. The molecule has 0 aliphatic carbocycles. The van der Waals surface area contributed by atoms with Crippen LogP contribution in [0, 0.1) is 0 Å². The van der Waals surface area contributed by atoms with Crippen LogP contribution in [0.4, 0.5) is 10.5 Å². The minimum atomic E-state index is -0.266. The quantitative estimate of drug-likeness (QED) is 0.822. The molecule has 0 aromatic heterocycles. The molecule has 8 heteroatoms. The van der Waals surface area contributed by atoms with Crippen LogP contribution < -0.4 is 10.1 Å². The summed E-state index contributed by atoms with van der Waals surface area (Å²) in [4.78, 5) is 28.6. The van der Waals surface area contributed by atoms with E-state index in [1.54, 1.807) is 46.2 Å². The second kappa shape index (κ2) is 8.84. The fourth-order valence-corrected chi connectivity index (χ4v) is 3.27. The van der Waals surface area contributed by atoms with Crippen LogP contribution in [0.5, 0.6) is 11.5 Å².